The van der Waals surface area contributed by atoms with E-state index in [2.05, 4.69) is 29.3 Å². The van der Waals surface area contributed by atoms with E-state index in [9.17, 15) is 9.59 Å². The standard InChI is InChI=1S/C22H33N3O2S/c1-3-5-21(26)25-9-4-6-19(16-25)22(27)23-20-8-7-18(14-17(20)2)15-24-10-12-28-13-11-24/h7-8,14,19H,3-6,9-13,15-16H2,1-2H3,(H,23,27). The van der Waals surface area contributed by atoms with Crippen molar-refractivity contribution in [3.63, 3.8) is 0 Å². The summed E-state index contributed by atoms with van der Waals surface area (Å²) in [4.78, 5) is 29.3. The van der Waals surface area contributed by atoms with Gasteiger partial charge in [-0.3, -0.25) is 14.5 Å². The highest BCUT2D eigenvalue weighted by molar-refractivity contribution is 7.99. The maximum atomic E-state index is 12.8. The number of piperidine rings is 1. The number of nitrogens with one attached hydrogen (secondary N) is 1. The summed E-state index contributed by atoms with van der Waals surface area (Å²) in [5.41, 5.74) is 3.29. The van der Waals surface area contributed by atoms with E-state index in [0.29, 0.717) is 13.0 Å². The maximum Gasteiger partial charge on any atom is 0.229 e. The summed E-state index contributed by atoms with van der Waals surface area (Å²) in [5.74, 6) is 2.53. The van der Waals surface area contributed by atoms with Gasteiger partial charge in [0.1, 0.15) is 0 Å². The van der Waals surface area contributed by atoms with Crippen molar-refractivity contribution in [1.82, 2.24) is 9.80 Å². The summed E-state index contributed by atoms with van der Waals surface area (Å²) >= 11 is 2.03. The lowest BCUT2D eigenvalue weighted by atomic mass is 9.96. The molecule has 6 heteroatoms. The van der Waals surface area contributed by atoms with Crippen LogP contribution in [0.2, 0.25) is 0 Å². The van der Waals surface area contributed by atoms with Gasteiger partial charge in [-0.1, -0.05) is 19.1 Å². The molecular weight excluding hydrogens is 370 g/mol. The molecule has 2 aliphatic rings. The molecule has 154 valence electrons. The van der Waals surface area contributed by atoms with Crippen molar-refractivity contribution in [3.8, 4) is 0 Å². The number of hydrogen-bond acceptors (Lipinski definition) is 4. The van der Waals surface area contributed by atoms with Gasteiger partial charge in [-0.2, -0.15) is 11.8 Å². The topological polar surface area (TPSA) is 52.7 Å². The van der Waals surface area contributed by atoms with E-state index in [4.69, 9.17) is 0 Å². The minimum Gasteiger partial charge on any atom is -0.342 e. The molecule has 2 heterocycles. The second-order valence-corrected chi connectivity index (χ2v) is 9.18. The first-order valence-corrected chi connectivity index (χ1v) is 11.7. The molecule has 1 N–H and O–H groups in total. The number of likely N-dealkylation sites (tertiary alicyclic amines) is 1. The Balaban J connectivity index is 1.56. The Morgan fingerprint density at radius 1 is 1.21 bits per heavy atom. The Kier molecular flexibility index (Phi) is 7.80. The van der Waals surface area contributed by atoms with Crippen molar-refractivity contribution in [2.75, 3.05) is 43.0 Å². The second kappa shape index (κ2) is 10.3. The predicted octanol–water partition coefficient (Wildman–Crippen LogP) is 3.52. The van der Waals surface area contributed by atoms with Crippen LogP contribution in [-0.4, -0.2) is 59.3 Å². The third kappa shape index (κ3) is 5.74. The minimum atomic E-state index is -0.112. The van der Waals surface area contributed by atoms with Gasteiger partial charge in [-0.25, -0.2) is 0 Å². The molecule has 0 spiro atoms. The van der Waals surface area contributed by atoms with Gasteiger partial charge in [0.25, 0.3) is 0 Å². The molecule has 0 saturated carbocycles. The quantitative estimate of drug-likeness (QED) is 0.790. The van der Waals surface area contributed by atoms with Crippen LogP contribution in [0, 0.1) is 12.8 Å². The minimum absolute atomic E-state index is 0.0397. The summed E-state index contributed by atoms with van der Waals surface area (Å²) < 4.78 is 0. The van der Waals surface area contributed by atoms with Crippen molar-refractivity contribution in [3.05, 3.63) is 29.3 Å². The lowest BCUT2D eigenvalue weighted by Crippen LogP contribution is -2.43. The average Bonchev–Trinajstić information content (AvgIpc) is 2.71. The first-order valence-electron chi connectivity index (χ1n) is 10.5. The summed E-state index contributed by atoms with van der Waals surface area (Å²) in [6, 6.07) is 6.35. The van der Waals surface area contributed by atoms with Crippen LogP contribution in [-0.2, 0) is 16.1 Å². The van der Waals surface area contributed by atoms with E-state index in [0.717, 1.165) is 56.7 Å². The van der Waals surface area contributed by atoms with E-state index >= 15 is 0 Å². The SMILES string of the molecule is CCCC(=O)N1CCCC(C(=O)Nc2ccc(CN3CCSCC3)cc2C)C1. The Morgan fingerprint density at radius 3 is 2.71 bits per heavy atom. The van der Waals surface area contributed by atoms with E-state index in [-0.39, 0.29) is 17.7 Å². The van der Waals surface area contributed by atoms with Crippen molar-refractivity contribution in [2.45, 2.75) is 46.1 Å². The summed E-state index contributed by atoms with van der Waals surface area (Å²) in [6.45, 7) is 8.69. The molecule has 2 amide bonds. The molecule has 1 atom stereocenters. The van der Waals surface area contributed by atoms with Gasteiger partial charge in [0.2, 0.25) is 11.8 Å². The van der Waals surface area contributed by atoms with Gasteiger partial charge in [0.15, 0.2) is 0 Å². The molecule has 0 aromatic heterocycles. The van der Waals surface area contributed by atoms with E-state index in [1.807, 2.05) is 29.7 Å². The first kappa shape index (κ1) is 21.2. The fourth-order valence-electron chi connectivity index (χ4n) is 4.01. The lowest BCUT2D eigenvalue weighted by Gasteiger charge is -2.32. The second-order valence-electron chi connectivity index (χ2n) is 7.96. The number of carbonyl (C=O) groups excluding carboxylic acids is 2. The number of rotatable bonds is 6. The zero-order valence-corrected chi connectivity index (χ0v) is 18.0. The Hall–Kier alpha value is -1.53. The molecule has 2 aliphatic heterocycles. The number of thioether (sulfide) groups is 1. The largest absolute Gasteiger partial charge is 0.342 e. The number of anilines is 1. The van der Waals surface area contributed by atoms with Crippen LogP contribution in [0.15, 0.2) is 18.2 Å². The number of hydrogen-bond donors (Lipinski definition) is 1. The molecular formula is C22H33N3O2S. The Bertz CT molecular complexity index is 688. The fraction of sp³-hybridized carbons (Fsp3) is 0.636. The van der Waals surface area contributed by atoms with Gasteiger partial charge < -0.3 is 10.2 Å². The monoisotopic (exact) mass is 403 g/mol. The molecule has 0 radical (unpaired) electrons. The normalized spacial score (nSPS) is 20.8. The molecule has 1 aromatic rings. The van der Waals surface area contributed by atoms with Gasteiger partial charge in [-0.05, 0) is 43.4 Å². The third-order valence-corrected chi connectivity index (χ3v) is 6.61. The molecule has 5 nitrogen and oxygen atoms in total. The number of nitrogens with zero attached hydrogens (tertiary/aromatic N) is 2. The smallest absolute Gasteiger partial charge is 0.229 e. The highest BCUT2D eigenvalue weighted by Gasteiger charge is 2.28. The summed E-state index contributed by atoms with van der Waals surface area (Å²) in [7, 11) is 0. The van der Waals surface area contributed by atoms with Crippen molar-refractivity contribution in [2.24, 2.45) is 5.92 Å². The van der Waals surface area contributed by atoms with Crippen molar-refractivity contribution < 1.29 is 9.59 Å². The number of benzene rings is 1. The fourth-order valence-corrected chi connectivity index (χ4v) is 4.99. The van der Waals surface area contributed by atoms with Gasteiger partial charge in [0, 0.05) is 56.3 Å². The maximum absolute atomic E-state index is 12.8. The van der Waals surface area contributed by atoms with Crippen LogP contribution in [0.3, 0.4) is 0 Å². The molecule has 28 heavy (non-hydrogen) atoms. The summed E-state index contributed by atoms with van der Waals surface area (Å²) in [6.07, 6.45) is 3.18. The Labute approximate surface area is 173 Å². The molecule has 1 unspecified atom stereocenters. The van der Waals surface area contributed by atoms with Crippen LogP contribution >= 0.6 is 11.8 Å². The first-order chi connectivity index (χ1) is 13.6. The van der Waals surface area contributed by atoms with Crippen LogP contribution in [0.1, 0.15) is 43.7 Å². The van der Waals surface area contributed by atoms with Crippen LogP contribution in [0.25, 0.3) is 0 Å². The lowest BCUT2D eigenvalue weighted by molar-refractivity contribution is -0.134. The van der Waals surface area contributed by atoms with Gasteiger partial charge in [-0.15, -0.1) is 0 Å². The highest BCUT2D eigenvalue weighted by Crippen LogP contribution is 2.23. The van der Waals surface area contributed by atoms with Crippen molar-refractivity contribution >= 4 is 29.3 Å². The number of aryl methyl sites for hydroxylation is 1. The molecule has 3 rings (SSSR count). The molecule has 2 saturated heterocycles. The van der Waals surface area contributed by atoms with E-state index < -0.39 is 0 Å². The summed E-state index contributed by atoms with van der Waals surface area (Å²) in [5, 5.41) is 3.11. The zero-order chi connectivity index (χ0) is 19.9. The Morgan fingerprint density at radius 2 is 2.00 bits per heavy atom. The van der Waals surface area contributed by atoms with E-state index in [1.54, 1.807) is 0 Å². The zero-order valence-electron chi connectivity index (χ0n) is 17.2. The van der Waals surface area contributed by atoms with Gasteiger partial charge in [0.05, 0.1) is 5.92 Å². The number of carbonyl (C=O) groups is 2. The average molecular weight is 404 g/mol. The highest BCUT2D eigenvalue weighted by atomic mass is 32.2. The predicted molar refractivity (Wildman–Crippen MR) is 117 cm³/mol. The molecule has 0 bridgehead atoms. The molecule has 2 fully saturated rings. The third-order valence-electron chi connectivity index (χ3n) is 5.67. The van der Waals surface area contributed by atoms with Crippen LogP contribution in [0.5, 0.6) is 0 Å². The number of amides is 2. The molecule has 0 aliphatic carbocycles. The van der Waals surface area contributed by atoms with Crippen LogP contribution in [0.4, 0.5) is 5.69 Å². The van der Waals surface area contributed by atoms with Gasteiger partial charge >= 0.3 is 0 Å². The molecule has 1 aromatic carbocycles. The van der Waals surface area contributed by atoms with E-state index in [1.165, 1.54) is 17.1 Å². The van der Waals surface area contributed by atoms with Crippen LogP contribution < -0.4 is 5.32 Å². The van der Waals surface area contributed by atoms with Crippen molar-refractivity contribution in [1.29, 1.82) is 0 Å².